The van der Waals surface area contributed by atoms with Crippen LogP contribution in [-0.4, -0.2) is 68.1 Å². The van der Waals surface area contributed by atoms with Gasteiger partial charge in [0.25, 0.3) is 0 Å². The van der Waals surface area contributed by atoms with Gasteiger partial charge in [0.2, 0.25) is 5.91 Å². The second kappa shape index (κ2) is 10.2. The number of carbonyl (C=O) groups is 1. The Morgan fingerprint density at radius 1 is 0.935 bits per heavy atom. The van der Waals surface area contributed by atoms with Crippen LogP contribution in [0.4, 0.5) is 5.69 Å². The first-order valence-corrected chi connectivity index (χ1v) is 11.6. The molecule has 2 aromatic carbocycles. The predicted octanol–water partition coefficient (Wildman–Crippen LogP) is 3.69. The molecule has 0 aromatic heterocycles. The van der Waals surface area contributed by atoms with E-state index in [0.717, 1.165) is 64.3 Å². The van der Waals surface area contributed by atoms with Crippen molar-refractivity contribution in [3.8, 4) is 5.75 Å². The molecule has 0 bridgehead atoms. The van der Waals surface area contributed by atoms with Gasteiger partial charge in [0.15, 0.2) is 0 Å². The maximum Gasteiger partial charge on any atom is 0.239 e. The van der Waals surface area contributed by atoms with E-state index in [0.29, 0.717) is 11.8 Å². The van der Waals surface area contributed by atoms with Crippen molar-refractivity contribution in [3.05, 3.63) is 60.2 Å². The smallest absolute Gasteiger partial charge is 0.239 e. The lowest BCUT2D eigenvalue weighted by molar-refractivity contribution is -0.138. The summed E-state index contributed by atoms with van der Waals surface area (Å²) in [5, 5.41) is 0. The van der Waals surface area contributed by atoms with Gasteiger partial charge in [0, 0.05) is 45.0 Å². The Labute approximate surface area is 186 Å². The van der Waals surface area contributed by atoms with Gasteiger partial charge in [0.1, 0.15) is 5.75 Å². The minimum absolute atomic E-state index is 0.0382. The zero-order chi connectivity index (χ0) is 21.6. The fourth-order valence-corrected chi connectivity index (χ4v) is 4.89. The largest absolute Gasteiger partial charge is 0.497 e. The number of carbonyl (C=O) groups excluding carboxylic acids is 1. The third kappa shape index (κ3) is 5.40. The number of nitrogens with zero attached hydrogens (tertiary/aromatic N) is 3. The number of methoxy groups -OCH3 is 1. The molecule has 4 rings (SSSR count). The van der Waals surface area contributed by atoms with Crippen molar-refractivity contribution in [2.75, 3.05) is 51.3 Å². The summed E-state index contributed by atoms with van der Waals surface area (Å²) in [6.45, 7) is 7.61. The molecule has 2 heterocycles. The van der Waals surface area contributed by atoms with Gasteiger partial charge in [-0.3, -0.25) is 9.69 Å². The summed E-state index contributed by atoms with van der Waals surface area (Å²) in [7, 11) is 1.69. The van der Waals surface area contributed by atoms with Gasteiger partial charge < -0.3 is 14.5 Å². The summed E-state index contributed by atoms with van der Waals surface area (Å²) in [6.07, 6.45) is 3.35. The first kappa shape index (κ1) is 21.7. The lowest BCUT2D eigenvalue weighted by Crippen LogP contribution is -2.55. The maximum atomic E-state index is 13.1. The second-order valence-electron chi connectivity index (χ2n) is 8.86. The molecule has 166 valence electrons. The molecule has 0 saturated carbocycles. The molecule has 2 aliphatic heterocycles. The summed E-state index contributed by atoms with van der Waals surface area (Å²) in [4.78, 5) is 20.0. The van der Waals surface area contributed by atoms with Crippen LogP contribution in [0.1, 0.15) is 25.3 Å². The highest BCUT2D eigenvalue weighted by atomic mass is 16.5. The summed E-state index contributed by atoms with van der Waals surface area (Å²) in [5.74, 6) is 1.88. The third-order valence-electron chi connectivity index (χ3n) is 6.95. The van der Waals surface area contributed by atoms with Crippen molar-refractivity contribution in [3.63, 3.8) is 0 Å². The van der Waals surface area contributed by atoms with Crippen molar-refractivity contribution in [1.82, 2.24) is 9.80 Å². The monoisotopic (exact) mass is 421 g/mol. The van der Waals surface area contributed by atoms with Crippen LogP contribution in [0.25, 0.3) is 0 Å². The molecule has 2 fully saturated rings. The molecule has 5 heteroatoms. The number of amides is 1. The van der Waals surface area contributed by atoms with Crippen molar-refractivity contribution in [2.24, 2.45) is 5.92 Å². The molecular formula is C26H35N3O2. The van der Waals surface area contributed by atoms with E-state index in [1.165, 1.54) is 11.3 Å². The quantitative estimate of drug-likeness (QED) is 0.713. The lowest BCUT2D eigenvalue weighted by Gasteiger charge is -2.41. The summed E-state index contributed by atoms with van der Waals surface area (Å²) < 4.78 is 5.26. The lowest BCUT2D eigenvalue weighted by atomic mass is 9.90. The zero-order valence-corrected chi connectivity index (χ0v) is 18.9. The minimum atomic E-state index is -0.0382. The van der Waals surface area contributed by atoms with E-state index in [-0.39, 0.29) is 6.04 Å². The first-order chi connectivity index (χ1) is 15.1. The summed E-state index contributed by atoms with van der Waals surface area (Å²) >= 11 is 0. The fourth-order valence-electron chi connectivity index (χ4n) is 4.89. The molecule has 2 aliphatic rings. The number of rotatable bonds is 6. The first-order valence-electron chi connectivity index (χ1n) is 11.6. The highest BCUT2D eigenvalue weighted by Gasteiger charge is 2.31. The third-order valence-corrected chi connectivity index (χ3v) is 6.95. The number of likely N-dealkylation sites (tertiary alicyclic amines) is 1. The Morgan fingerprint density at radius 2 is 1.58 bits per heavy atom. The van der Waals surface area contributed by atoms with Gasteiger partial charge in [0.05, 0.1) is 13.2 Å². The van der Waals surface area contributed by atoms with Crippen LogP contribution in [0.2, 0.25) is 0 Å². The van der Waals surface area contributed by atoms with Crippen LogP contribution < -0.4 is 9.64 Å². The number of piperidine rings is 1. The zero-order valence-electron chi connectivity index (χ0n) is 18.9. The van der Waals surface area contributed by atoms with Crippen LogP contribution in [0.15, 0.2) is 54.6 Å². The molecule has 0 spiro atoms. The Kier molecular flexibility index (Phi) is 7.13. The molecular weight excluding hydrogens is 386 g/mol. The predicted molar refractivity (Wildman–Crippen MR) is 126 cm³/mol. The Hall–Kier alpha value is -2.53. The molecule has 1 amide bonds. The van der Waals surface area contributed by atoms with Crippen molar-refractivity contribution in [1.29, 1.82) is 0 Å². The number of piperazine rings is 1. The molecule has 2 saturated heterocycles. The van der Waals surface area contributed by atoms with Gasteiger partial charge in [-0.2, -0.15) is 0 Å². The van der Waals surface area contributed by atoms with Crippen molar-refractivity contribution < 1.29 is 9.53 Å². The van der Waals surface area contributed by atoms with E-state index in [1.54, 1.807) is 7.11 Å². The minimum Gasteiger partial charge on any atom is -0.497 e. The summed E-state index contributed by atoms with van der Waals surface area (Å²) in [5.41, 5.74) is 2.63. The number of hydrogen-bond acceptors (Lipinski definition) is 4. The number of ether oxygens (including phenoxy) is 1. The Bertz CT molecular complexity index is 823. The number of benzene rings is 2. The summed E-state index contributed by atoms with van der Waals surface area (Å²) in [6, 6.07) is 18.9. The average Bonchev–Trinajstić information content (AvgIpc) is 2.84. The van der Waals surface area contributed by atoms with Crippen LogP contribution in [0.5, 0.6) is 5.75 Å². The second-order valence-corrected chi connectivity index (χ2v) is 8.86. The van der Waals surface area contributed by atoms with E-state index in [4.69, 9.17) is 4.74 Å². The van der Waals surface area contributed by atoms with Gasteiger partial charge in [-0.05, 0) is 61.9 Å². The standard InChI is InChI=1S/C26H35N3O2/c1-21(27-16-18-28(19-17-27)24-8-10-25(31-2)11-9-24)26(30)29-14-12-23(13-15-29)20-22-6-4-3-5-7-22/h3-11,21,23H,12-20H2,1-2H3. The Balaban J connectivity index is 1.23. The highest BCUT2D eigenvalue weighted by Crippen LogP contribution is 2.24. The molecule has 1 atom stereocenters. The Morgan fingerprint density at radius 3 is 2.19 bits per heavy atom. The molecule has 2 aromatic rings. The molecule has 31 heavy (non-hydrogen) atoms. The van der Waals surface area contributed by atoms with E-state index in [1.807, 2.05) is 12.1 Å². The fraction of sp³-hybridized carbons (Fsp3) is 0.500. The van der Waals surface area contributed by atoms with Crippen LogP contribution in [0, 0.1) is 5.92 Å². The molecule has 0 aliphatic carbocycles. The molecule has 0 N–H and O–H groups in total. The van der Waals surface area contributed by atoms with E-state index >= 15 is 0 Å². The molecule has 5 nitrogen and oxygen atoms in total. The van der Waals surface area contributed by atoms with Gasteiger partial charge in [-0.1, -0.05) is 30.3 Å². The number of anilines is 1. The van der Waals surface area contributed by atoms with E-state index < -0.39 is 0 Å². The van der Waals surface area contributed by atoms with Crippen LogP contribution in [0.3, 0.4) is 0 Å². The van der Waals surface area contributed by atoms with Gasteiger partial charge >= 0.3 is 0 Å². The number of hydrogen-bond donors (Lipinski definition) is 0. The van der Waals surface area contributed by atoms with Crippen molar-refractivity contribution >= 4 is 11.6 Å². The van der Waals surface area contributed by atoms with E-state index in [9.17, 15) is 4.79 Å². The van der Waals surface area contributed by atoms with Crippen LogP contribution in [-0.2, 0) is 11.2 Å². The topological polar surface area (TPSA) is 36.0 Å². The van der Waals surface area contributed by atoms with Crippen LogP contribution >= 0.6 is 0 Å². The van der Waals surface area contributed by atoms with Gasteiger partial charge in [-0.25, -0.2) is 0 Å². The van der Waals surface area contributed by atoms with Gasteiger partial charge in [-0.15, -0.1) is 0 Å². The molecule has 0 radical (unpaired) electrons. The average molecular weight is 422 g/mol. The highest BCUT2D eigenvalue weighted by molar-refractivity contribution is 5.81. The van der Waals surface area contributed by atoms with E-state index in [2.05, 4.69) is 64.1 Å². The van der Waals surface area contributed by atoms with Crippen molar-refractivity contribution in [2.45, 2.75) is 32.2 Å². The normalized spacial score (nSPS) is 19.3. The molecule has 1 unspecified atom stereocenters. The SMILES string of the molecule is COc1ccc(N2CCN(C(C)C(=O)N3CCC(Cc4ccccc4)CC3)CC2)cc1. The maximum absolute atomic E-state index is 13.1.